The first kappa shape index (κ1) is 22.1. The van der Waals surface area contributed by atoms with Crippen LogP contribution in [0.25, 0.3) is 5.76 Å². The summed E-state index contributed by atoms with van der Waals surface area (Å²) in [7, 11) is 2.86. The van der Waals surface area contributed by atoms with E-state index in [0.717, 1.165) is 17.0 Å². The van der Waals surface area contributed by atoms with E-state index in [1.165, 1.54) is 38.5 Å². The molecule has 0 bridgehead atoms. The normalized spacial score (nSPS) is 17.5. The number of furan rings is 1. The second kappa shape index (κ2) is 8.42. The zero-order valence-electron chi connectivity index (χ0n) is 17.9. The fraction of sp³-hybridized carbons (Fsp3) is 0.167. The number of benzene rings is 2. The van der Waals surface area contributed by atoms with Crippen LogP contribution in [0.3, 0.4) is 0 Å². The van der Waals surface area contributed by atoms with E-state index >= 15 is 0 Å². The molecule has 1 aliphatic rings. The monoisotopic (exact) mass is 455 g/mol. The van der Waals surface area contributed by atoms with Gasteiger partial charge in [-0.05, 0) is 49.4 Å². The van der Waals surface area contributed by atoms with Gasteiger partial charge in [0, 0.05) is 17.3 Å². The van der Waals surface area contributed by atoms with Crippen molar-refractivity contribution in [1.82, 2.24) is 0 Å². The minimum absolute atomic E-state index is 0.0681. The van der Waals surface area contributed by atoms with E-state index in [2.05, 4.69) is 0 Å². The molecule has 1 unspecified atom stereocenters. The Morgan fingerprint density at radius 3 is 2.30 bits per heavy atom. The number of hydrogen-bond acceptors (Lipinski definition) is 6. The second-order valence-corrected chi connectivity index (χ2v) is 7.29. The summed E-state index contributed by atoms with van der Waals surface area (Å²) < 4.78 is 43.6. The average molecular weight is 455 g/mol. The number of aryl methyl sites for hydroxylation is 1. The van der Waals surface area contributed by atoms with Gasteiger partial charge in [0.15, 0.2) is 23.1 Å². The number of amides is 1. The first-order valence-corrected chi connectivity index (χ1v) is 9.81. The van der Waals surface area contributed by atoms with Crippen LogP contribution in [-0.4, -0.2) is 31.0 Å². The summed E-state index contributed by atoms with van der Waals surface area (Å²) in [6.45, 7) is 1.67. The third-order valence-corrected chi connectivity index (χ3v) is 5.31. The molecule has 2 heterocycles. The quantitative estimate of drug-likeness (QED) is 0.346. The molecule has 170 valence electrons. The van der Waals surface area contributed by atoms with Crippen LogP contribution in [0.15, 0.2) is 58.5 Å². The zero-order chi connectivity index (χ0) is 23.9. The number of Topliss-reactive ketones (excluding diaryl/α,β-unsaturated/α-hetero) is 1. The van der Waals surface area contributed by atoms with Crippen LogP contribution in [0.2, 0.25) is 0 Å². The molecule has 9 heteroatoms. The van der Waals surface area contributed by atoms with Crippen molar-refractivity contribution in [3.05, 3.63) is 82.8 Å². The SMILES string of the molecule is COc1ccc(/C(O)=C2/C(=O)C(=O)N(c3ccc(F)c(F)c3)C2c2ccc(C)o2)cc1OC. The summed E-state index contributed by atoms with van der Waals surface area (Å²) >= 11 is 0. The highest BCUT2D eigenvalue weighted by atomic mass is 19.2. The van der Waals surface area contributed by atoms with Crippen LogP contribution < -0.4 is 14.4 Å². The van der Waals surface area contributed by atoms with Gasteiger partial charge >= 0.3 is 0 Å². The Labute approximate surface area is 187 Å². The van der Waals surface area contributed by atoms with Crippen LogP contribution >= 0.6 is 0 Å². The molecule has 1 amide bonds. The number of anilines is 1. The molecule has 0 spiro atoms. The van der Waals surface area contributed by atoms with Gasteiger partial charge in [0.05, 0.1) is 19.8 Å². The van der Waals surface area contributed by atoms with Gasteiger partial charge in [-0.3, -0.25) is 14.5 Å². The Bertz CT molecular complexity index is 1300. The molecular weight excluding hydrogens is 436 g/mol. The van der Waals surface area contributed by atoms with Crippen LogP contribution in [0.4, 0.5) is 14.5 Å². The minimum Gasteiger partial charge on any atom is -0.507 e. The molecular formula is C24H19F2NO6. The Hall–Kier alpha value is -4.14. The van der Waals surface area contributed by atoms with Gasteiger partial charge in [-0.1, -0.05) is 0 Å². The fourth-order valence-corrected chi connectivity index (χ4v) is 3.74. The molecule has 4 rings (SSSR count). The maximum Gasteiger partial charge on any atom is 0.300 e. The van der Waals surface area contributed by atoms with Crippen LogP contribution in [-0.2, 0) is 9.59 Å². The average Bonchev–Trinajstić information content (AvgIpc) is 3.35. The Morgan fingerprint density at radius 2 is 1.70 bits per heavy atom. The van der Waals surface area contributed by atoms with Gasteiger partial charge in [0.2, 0.25) is 0 Å². The molecule has 1 N–H and O–H groups in total. The highest BCUT2D eigenvalue weighted by molar-refractivity contribution is 6.51. The smallest absolute Gasteiger partial charge is 0.300 e. The lowest BCUT2D eigenvalue weighted by molar-refractivity contribution is -0.132. The fourth-order valence-electron chi connectivity index (χ4n) is 3.74. The van der Waals surface area contributed by atoms with Gasteiger partial charge in [-0.25, -0.2) is 8.78 Å². The molecule has 1 saturated heterocycles. The number of methoxy groups -OCH3 is 2. The number of aliphatic hydroxyl groups excluding tert-OH is 1. The molecule has 1 aliphatic heterocycles. The number of rotatable bonds is 5. The molecule has 2 aromatic carbocycles. The highest BCUT2D eigenvalue weighted by Crippen LogP contribution is 2.43. The largest absolute Gasteiger partial charge is 0.507 e. The van der Waals surface area contributed by atoms with Crippen LogP contribution in [0, 0.1) is 18.6 Å². The number of aliphatic hydroxyl groups is 1. The standard InChI is InChI=1S/C24H19F2NO6/c1-12-4-8-18(33-12)21-20(22(28)13-5-9-17(31-2)19(10-13)32-3)23(29)24(30)27(21)14-6-7-15(25)16(26)11-14/h4-11,21,28H,1-3H3/b22-20-. The molecule has 7 nitrogen and oxygen atoms in total. The number of carbonyl (C=O) groups is 2. The summed E-state index contributed by atoms with van der Waals surface area (Å²) in [5, 5.41) is 11.1. The van der Waals surface area contributed by atoms with Crippen LogP contribution in [0.5, 0.6) is 11.5 Å². The third kappa shape index (κ3) is 3.71. The summed E-state index contributed by atoms with van der Waals surface area (Å²) in [5.74, 6) is -3.47. The molecule has 0 aliphatic carbocycles. The lowest BCUT2D eigenvalue weighted by Crippen LogP contribution is -2.29. The van der Waals surface area contributed by atoms with Crippen molar-refractivity contribution in [3.8, 4) is 11.5 Å². The number of halogens is 2. The molecule has 3 aromatic rings. The molecule has 33 heavy (non-hydrogen) atoms. The molecule has 1 atom stereocenters. The van der Waals surface area contributed by atoms with E-state index in [0.29, 0.717) is 17.3 Å². The maximum absolute atomic E-state index is 14.0. The predicted octanol–water partition coefficient (Wildman–Crippen LogP) is 4.51. The summed E-state index contributed by atoms with van der Waals surface area (Å²) in [6.07, 6.45) is 0. The van der Waals surface area contributed by atoms with Gasteiger partial charge in [0.25, 0.3) is 11.7 Å². The number of carbonyl (C=O) groups excluding carboxylic acids is 2. The number of hydrogen-bond donors (Lipinski definition) is 1. The number of ether oxygens (including phenoxy) is 2. The lowest BCUT2D eigenvalue weighted by atomic mass is 9.99. The van der Waals surface area contributed by atoms with Crippen molar-refractivity contribution in [1.29, 1.82) is 0 Å². The van der Waals surface area contributed by atoms with Gasteiger partial charge in [-0.2, -0.15) is 0 Å². The Balaban J connectivity index is 1.93. The first-order valence-electron chi connectivity index (χ1n) is 9.81. The van der Waals surface area contributed by atoms with Gasteiger partial charge in [0.1, 0.15) is 23.3 Å². The minimum atomic E-state index is -1.21. The molecule has 1 aromatic heterocycles. The van der Waals surface area contributed by atoms with Crippen molar-refractivity contribution in [2.24, 2.45) is 0 Å². The predicted molar refractivity (Wildman–Crippen MR) is 114 cm³/mol. The number of nitrogens with zero attached hydrogens (tertiary/aromatic N) is 1. The van der Waals surface area contributed by atoms with Crippen LogP contribution in [0.1, 0.15) is 23.1 Å². The second-order valence-electron chi connectivity index (χ2n) is 7.29. The van der Waals surface area contributed by atoms with Crippen molar-refractivity contribution in [3.63, 3.8) is 0 Å². The van der Waals surface area contributed by atoms with E-state index in [1.54, 1.807) is 19.1 Å². The highest BCUT2D eigenvalue weighted by Gasteiger charge is 2.48. The summed E-state index contributed by atoms with van der Waals surface area (Å²) in [6, 6.07) is 9.25. The van der Waals surface area contributed by atoms with E-state index in [4.69, 9.17) is 13.9 Å². The van der Waals surface area contributed by atoms with E-state index in [1.807, 2.05) is 0 Å². The third-order valence-electron chi connectivity index (χ3n) is 5.31. The van der Waals surface area contributed by atoms with E-state index < -0.39 is 35.1 Å². The van der Waals surface area contributed by atoms with E-state index in [9.17, 15) is 23.5 Å². The molecule has 0 radical (unpaired) electrons. The number of ketones is 1. The van der Waals surface area contributed by atoms with E-state index in [-0.39, 0.29) is 22.6 Å². The van der Waals surface area contributed by atoms with Gasteiger partial charge in [-0.15, -0.1) is 0 Å². The maximum atomic E-state index is 14.0. The summed E-state index contributed by atoms with van der Waals surface area (Å²) in [5.41, 5.74) is -0.156. The van der Waals surface area contributed by atoms with Crippen molar-refractivity contribution < 1.29 is 37.4 Å². The first-order chi connectivity index (χ1) is 15.8. The summed E-state index contributed by atoms with van der Waals surface area (Å²) in [4.78, 5) is 27.0. The lowest BCUT2D eigenvalue weighted by Gasteiger charge is -2.23. The topological polar surface area (TPSA) is 89.2 Å². The van der Waals surface area contributed by atoms with Crippen molar-refractivity contribution in [2.45, 2.75) is 13.0 Å². The Kier molecular flexibility index (Phi) is 5.63. The Morgan fingerprint density at radius 1 is 0.970 bits per heavy atom. The van der Waals surface area contributed by atoms with Crippen molar-refractivity contribution >= 4 is 23.1 Å². The molecule has 1 fully saturated rings. The van der Waals surface area contributed by atoms with Crippen molar-refractivity contribution in [2.75, 3.05) is 19.1 Å². The molecule has 0 saturated carbocycles. The van der Waals surface area contributed by atoms with Gasteiger partial charge < -0.3 is 19.0 Å². The zero-order valence-corrected chi connectivity index (χ0v) is 17.9.